The van der Waals surface area contributed by atoms with Gasteiger partial charge in [0.05, 0.1) is 7.11 Å². The summed E-state index contributed by atoms with van der Waals surface area (Å²) in [6.45, 7) is 4.43. The molecule has 0 saturated carbocycles. The minimum Gasteiger partial charge on any atom is -0.496 e. The maximum atomic E-state index is 12.3. The monoisotopic (exact) mass is 493 g/mol. The van der Waals surface area contributed by atoms with E-state index in [4.69, 9.17) is 21.1 Å². The predicted molar refractivity (Wildman–Crippen MR) is 137 cm³/mol. The molecule has 8 heteroatoms. The molecular weight excluding hydrogens is 466 g/mol. The van der Waals surface area contributed by atoms with Crippen molar-refractivity contribution in [1.82, 2.24) is 4.90 Å². The number of anilines is 2. The Morgan fingerprint density at radius 2 is 1.66 bits per heavy atom. The molecule has 1 heterocycles. The molecule has 1 amide bonds. The van der Waals surface area contributed by atoms with E-state index in [1.165, 1.54) is 18.7 Å². The second kappa shape index (κ2) is 11.7. The van der Waals surface area contributed by atoms with Gasteiger partial charge in [0.15, 0.2) is 6.61 Å². The van der Waals surface area contributed by atoms with Gasteiger partial charge >= 0.3 is 5.97 Å². The number of amides is 1. The third-order valence-corrected chi connectivity index (χ3v) is 6.09. The Morgan fingerprint density at radius 1 is 0.943 bits per heavy atom. The molecule has 1 aliphatic rings. The fraction of sp³-hybridized carbons (Fsp3) is 0.259. The largest absolute Gasteiger partial charge is 0.496 e. The highest BCUT2D eigenvalue weighted by molar-refractivity contribution is 6.31. The van der Waals surface area contributed by atoms with Crippen molar-refractivity contribution in [3.63, 3.8) is 0 Å². The standard InChI is InChI=1S/C27H28ClN3O4/c1-34-25-12-7-21(28)17-24(25)27(33)35-19-26(32)29-22-8-10-23(11-9-22)31-15-13-30(14-16-31)18-20-5-3-2-4-6-20/h2-12,17H,13-16,18-19H2,1H3,(H,29,32). The Kier molecular flexibility index (Phi) is 8.23. The highest BCUT2D eigenvalue weighted by Crippen LogP contribution is 2.24. The van der Waals surface area contributed by atoms with Crippen molar-refractivity contribution in [3.8, 4) is 5.75 Å². The molecule has 4 rings (SSSR count). The van der Waals surface area contributed by atoms with E-state index in [-0.39, 0.29) is 5.56 Å². The SMILES string of the molecule is COc1ccc(Cl)cc1C(=O)OCC(=O)Nc1ccc(N2CCN(Cc3ccccc3)CC2)cc1. The summed E-state index contributed by atoms with van der Waals surface area (Å²) in [5.74, 6) is -0.779. The van der Waals surface area contributed by atoms with Crippen LogP contribution >= 0.6 is 11.6 Å². The molecule has 182 valence electrons. The minimum absolute atomic E-state index is 0.168. The normalized spacial score (nSPS) is 13.8. The third-order valence-electron chi connectivity index (χ3n) is 5.85. The molecule has 0 aromatic heterocycles. The van der Waals surface area contributed by atoms with E-state index in [2.05, 4.69) is 39.4 Å². The van der Waals surface area contributed by atoms with Gasteiger partial charge in [0.25, 0.3) is 5.91 Å². The molecule has 0 aliphatic carbocycles. The molecule has 1 aliphatic heterocycles. The molecule has 3 aromatic carbocycles. The zero-order valence-corrected chi connectivity index (χ0v) is 20.3. The Bertz CT molecular complexity index is 1150. The van der Waals surface area contributed by atoms with E-state index in [1.807, 2.05) is 30.3 Å². The highest BCUT2D eigenvalue weighted by atomic mass is 35.5. The highest BCUT2D eigenvalue weighted by Gasteiger charge is 2.18. The molecule has 0 bridgehead atoms. The molecule has 1 fully saturated rings. The number of methoxy groups -OCH3 is 1. The first-order valence-corrected chi connectivity index (χ1v) is 11.8. The molecule has 3 aromatic rings. The lowest BCUT2D eigenvalue weighted by atomic mass is 10.2. The number of carbonyl (C=O) groups excluding carboxylic acids is 2. The fourth-order valence-corrected chi connectivity index (χ4v) is 4.18. The van der Waals surface area contributed by atoms with E-state index in [1.54, 1.807) is 12.1 Å². The molecule has 1 saturated heterocycles. The lowest BCUT2D eigenvalue weighted by molar-refractivity contribution is -0.119. The van der Waals surface area contributed by atoms with Crippen LogP contribution in [0.2, 0.25) is 5.02 Å². The number of rotatable bonds is 8. The van der Waals surface area contributed by atoms with Crippen molar-refractivity contribution in [2.24, 2.45) is 0 Å². The fourth-order valence-electron chi connectivity index (χ4n) is 4.01. The van der Waals surface area contributed by atoms with Crippen molar-refractivity contribution in [3.05, 3.63) is 88.9 Å². The number of ether oxygens (including phenoxy) is 2. The Balaban J connectivity index is 1.24. The Hall–Kier alpha value is -3.55. The van der Waals surface area contributed by atoms with Crippen LogP contribution in [-0.2, 0) is 16.1 Å². The van der Waals surface area contributed by atoms with E-state index >= 15 is 0 Å². The van der Waals surface area contributed by atoms with E-state index in [9.17, 15) is 9.59 Å². The van der Waals surface area contributed by atoms with Gasteiger partial charge in [-0.2, -0.15) is 0 Å². The number of halogens is 1. The van der Waals surface area contributed by atoms with Crippen LogP contribution in [0.25, 0.3) is 0 Å². The smallest absolute Gasteiger partial charge is 0.342 e. The maximum absolute atomic E-state index is 12.3. The molecular formula is C27H28ClN3O4. The van der Waals surface area contributed by atoms with Crippen LogP contribution in [0.1, 0.15) is 15.9 Å². The number of nitrogens with one attached hydrogen (secondary N) is 1. The molecule has 1 N–H and O–H groups in total. The van der Waals surface area contributed by atoms with Crippen LogP contribution in [-0.4, -0.2) is 56.7 Å². The first-order valence-electron chi connectivity index (χ1n) is 11.4. The summed E-state index contributed by atoms with van der Waals surface area (Å²) in [6, 6.07) is 22.8. The topological polar surface area (TPSA) is 71.1 Å². The van der Waals surface area contributed by atoms with Gasteiger partial charge < -0.3 is 19.7 Å². The molecule has 35 heavy (non-hydrogen) atoms. The number of carbonyl (C=O) groups is 2. The van der Waals surface area contributed by atoms with E-state index in [0.717, 1.165) is 38.4 Å². The first kappa shape index (κ1) is 24.6. The lowest BCUT2D eigenvalue weighted by Gasteiger charge is -2.36. The first-order chi connectivity index (χ1) is 17.0. The van der Waals surface area contributed by atoms with Crippen molar-refractivity contribution < 1.29 is 19.1 Å². The molecule has 0 atom stereocenters. The molecule has 0 spiro atoms. The van der Waals surface area contributed by atoms with Gasteiger partial charge in [0, 0.05) is 49.1 Å². The number of piperazine rings is 1. The van der Waals surface area contributed by atoms with Crippen molar-refractivity contribution in [1.29, 1.82) is 0 Å². The van der Waals surface area contributed by atoms with Gasteiger partial charge in [-0.1, -0.05) is 41.9 Å². The van der Waals surface area contributed by atoms with Crippen LogP contribution in [0.4, 0.5) is 11.4 Å². The second-order valence-electron chi connectivity index (χ2n) is 8.26. The summed E-state index contributed by atoms with van der Waals surface area (Å²) >= 11 is 5.95. The summed E-state index contributed by atoms with van der Waals surface area (Å²) in [7, 11) is 1.45. The summed E-state index contributed by atoms with van der Waals surface area (Å²) in [6.07, 6.45) is 0. The van der Waals surface area contributed by atoms with E-state index < -0.39 is 18.5 Å². The number of hydrogen-bond donors (Lipinski definition) is 1. The Labute approximate surface area is 210 Å². The van der Waals surface area contributed by atoms with E-state index in [0.29, 0.717) is 16.5 Å². The van der Waals surface area contributed by atoms with Crippen LogP contribution in [0.5, 0.6) is 5.75 Å². The molecule has 0 radical (unpaired) electrons. The van der Waals surface area contributed by atoms with Gasteiger partial charge in [-0.05, 0) is 48.0 Å². The van der Waals surface area contributed by atoms with Crippen LogP contribution < -0.4 is 15.0 Å². The number of nitrogens with zero attached hydrogens (tertiary/aromatic N) is 2. The molecule has 7 nitrogen and oxygen atoms in total. The number of hydrogen-bond acceptors (Lipinski definition) is 6. The summed E-state index contributed by atoms with van der Waals surface area (Å²) in [5.41, 5.74) is 3.25. The number of esters is 1. The average Bonchev–Trinajstić information content (AvgIpc) is 2.89. The van der Waals surface area contributed by atoms with Gasteiger partial charge in [-0.25, -0.2) is 4.79 Å². The second-order valence-corrected chi connectivity index (χ2v) is 8.70. The summed E-state index contributed by atoms with van der Waals surface area (Å²) in [5, 5.41) is 3.13. The van der Waals surface area contributed by atoms with Gasteiger partial charge in [-0.15, -0.1) is 0 Å². The minimum atomic E-state index is -0.679. The van der Waals surface area contributed by atoms with Crippen molar-refractivity contribution >= 4 is 34.9 Å². The zero-order valence-electron chi connectivity index (χ0n) is 19.6. The maximum Gasteiger partial charge on any atom is 0.342 e. The third kappa shape index (κ3) is 6.74. The molecule has 0 unspecified atom stereocenters. The average molecular weight is 494 g/mol. The summed E-state index contributed by atoms with van der Waals surface area (Å²) < 4.78 is 10.3. The van der Waals surface area contributed by atoms with Crippen LogP contribution in [0, 0.1) is 0 Å². The van der Waals surface area contributed by atoms with Crippen LogP contribution in [0.15, 0.2) is 72.8 Å². The lowest BCUT2D eigenvalue weighted by Crippen LogP contribution is -2.45. The Morgan fingerprint density at radius 3 is 2.34 bits per heavy atom. The van der Waals surface area contributed by atoms with Gasteiger partial charge in [0.1, 0.15) is 11.3 Å². The van der Waals surface area contributed by atoms with Crippen molar-refractivity contribution in [2.45, 2.75) is 6.54 Å². The summed E-state index contributed by atoms with van der Waals surface area (Å²) in [4.78, 5) is 29.4. The van der Waals surface area contributed by atoms with Crippen molar-refractivity contribution in [2.75, 3.05) is 50.1 Å². The van der Waals surface area contributed by atoms with Crippen LogP contribution in [0.3, 0.4) is 0 Å². The predicted octanol–water partition coefficient (Wildman–Crippen LogP) is 4.47. The number of benzene rings is 3. The quantitative estimate of drug-likeness (QED) is 0.467. The van der Waals surface area contributed by atoms with Gasteiger partial charge in [-0.3, -0.25) is 9.69 Å². The van der Waals surface area contributed by atoms with Gasteiger partial charge in [0.2, 0.25) is 0 Å². The zero-order chi connectivity index (χ0) is 24.6.